The minimum absolute atomic E-state index is 0.112. The average Bonchev–Trinajstić information content (AvgIpc) is 3.21. The highest BCUT2D eigenvalue weighted by atomic mass is 32.2. The molecule has 2 atom stereocenters. The first-order valence-corrected chi connectivity index (χ1v) is 10.6. The summed E-state index contributed by atoms with van der Waals surface area (Å²) in [4.78, 5) is 0. The van der Waals surface area contributed by atoms with Gasteiger partial charge in [0.25, 0.3) is 0 Å². The molecule has 1 aliphatic heterocycles. The molecule has 26 heavy (non-hydrogen) atoms. The maximum atomic E-state index is 11.4. The molecular formula is C18H25N3O4S. The molecule has 0 amide bonds. The Morgan fingerprint density at radius 3 is 2.81 bits per heavy atom. The van der Waals surface area contributed by atoms with Crippen molar-refractivity contribution >= 4 is 9.84 Å². The number of nitrogens with one attached hydrogen (secondary N) is 1. The van der Waals surface area contributed by atoms with Crippen molar-refractivity contribution in [2.24, 2.45) is 0 Å². The van der Waals surface area contributed by atoms with Crippen molar-refractivity contribution in [3.8, 4) is 11.5 Å². The number of aryl methyl sites for hydroxylation is 2. The largest absolute Gasteiger partial charge is 0.419 e. The van der Waals surface area contributed by atoms with Crippen LogP contribution in [-0.2, 0) is 14.6 Å². The fraction of sp³-hybridized carbons (Fsp3) is 0.556. The van der Waals surface area contributed by atoms with Gasteiger partial charge in [0.2, 0.25) is 11.8 Å². The maximum absolute atomic E-state index is 11.4. The number of nitrogens with zero attached hydrogens (tertiary/aromatic N) is 2. The second kappa shape index (κ2) is 7.85. The zero-order valence-electron chi connectivity index (χ0n) is 15.4. The van der Waals surface area contributed by atoms with E-state index in [1.165, 1.54) is 11.1 Å². The molecule has 0 saturated carbocycles. The Morgan fingerprint density at radius 1 is 1.31 bits per heavy atom. The van der Waals surface area contributed by atoms with E-state index in [9.17, 15) is 8.42 Å². The zero-order valence-corrected chi connectivity index (χ0v) is 16.2. The fourth-order valence-electron chi connectivity index (χ4n) is 2.88. The minimum Gasteiger partial charge on any atom is -0.419 e. The van der Waals surface area contributed by atoms with Gasteiger partial charge in [-0.15, -0.1) is 10.2 Å². The number of rotatable bonds is 7. The summed E-state index contributed by atoms with van der Waals surface area (Å²) in [5.41, 5.74) is 3.31. The summed E-state index contributed by atoms with van der Waals surface area (Å²) < 4.78 is 34.2. The molecule has 2 unspecified atom stereocenters. The standard InChI is InChI=1S/C18H25N3O4S/c1-12-4-5-15(10-13(12)2)18-21-20-17(25-18)14(3)19-7-8-24-16-6-9-26(22,23)11-16/h4-5,10,14,16,19H,6-9,11H2,1-3H3. The maximum Gasteiger partial charge on any atom is 0.247 e. The summed E-state index contributed by atoms with van der Waals surface area (Å²) in [7, 11) is -2.90. The molecule has 8 heteroatoms. The molecule has 0 bridgehead atoms. The van der Waals surface area contributed by atoms with E-state index in [4.69, 9.17) is 9.15 Å². The van der Waals surface area contributed by atoms with Gasteiger partial charge in [0.1, 0.15) is 0 Å². The van der Waals surface area contributed by atoms with Crippen LogP contribution in [0.5, 0.6) is 0 Å². The van der Waals surface area contributed by atoms with Crippen LogP contribution in [0, 0.1) is 13.8 Å². The van der Waals surface area contributed by atoms with Gasteiger partial charge >= 0.3 is 0 Å². The van der Waals surface area contributed by atoms with Crippen LogP contribution in [0.25, 0.3) is 11.5 Å². The molecule has 1 aliphatic rings. The van der Waals surface area contributed by atoms with Gasteiger partial charge in [-0.05, 0) is 50.5 Å². The molecule has 1 aromatic heterocycles. The molecule has 1 saturated heterocycles. The minimum atomic E-state index is -2.90. The van der Waals surface area contributed by atoms with E-state index in [-0.39, 0.29) is 23.7 Å². The quantitative estimate of drug-likeness (QED) is 0.737. The van der Waals surface area contributed by atoms with Gasteiger partial charge in [-0.3, -0.25) is 0 Å². The Balaban J connectivity index is 1.49. The molecular weight excluding hydrogens is 354 g/mol. The van der Waals surface area contributed by atoms with E-state index in [0.717, 1.165) is 5.56 Å². The topological polar surface area (TPSA) is 94.3 Å². The van der Waals surface area contributed by atoms with Crippen molar-refractivity contribution in [2.45, 2.75) is 39.3 Å². The summed E-state index contributed by atoms with van der Waals surface area (Å²) in [6.07, 6.45) is 0.401. The number of hydrogen-bond acceptors (Lipinski definition) is 7. The van der Waals surface area contributed by atoms with E-state index >= 15 is 0 Å². The summed E-state index contributed by atoms with van der Waals surface area (Å²) in [5, 5.41) is 11.5. The third kappa shape index (κ3) is 4.69. The second-order valence-corrected chi connectivity index (χ2v) is 9.04. The highest BCUT2D eigenvalue weighted by Gasteiger charge is 2.28. The average molecular weight is 379 g/mol. The lowest BCUT2D eigenvalue weighted by atomic mass is 10.1. The van der Waals surface area contributed by atoms with E-state index < -0.39 is 9.84 Å². The monoisotopic (exact) mass is 379 g/mol. The first-order chi connectivity index (χ1) is 12.3. The molecule has 1 fully saturated rings. The Hall–Kier alpha value is -1.77. The number of hydrogen-bond donors (Lipinski definition) is 1. The Bertz CT molecular complexity index is 863. The van der Waals surface area contributed by atoms with Gasteiger partial charge in [-0.25, -0.2) is 8.42 Å². The Labute approximate surface area is 154 Å². The summed E-state index contributed by atoms with van der Waals surface area (Å²) in [6, 6.07) is 5.94. The van der Waals surface area contributed by atoms with Crippen molar-refractivity contribution in [3.63, 3.8) is 0 Å². The van der Waals surface area contributed by atoms with Crippen molar-refractivity contribution in [1.29, 1.82) is 0 Å². The number of benzene rings is 1. The normalized spacial score (nSPS) is 20.3. The fourth-order valence-corrected chi connectivity index (χ4v) is 4.50. The van der Waals surface area contributed by atoms with Crippen LogP contribution in [0.1, 0.15) is 36.4 Å². The van der Waals surface area contributed by atoms with E-state index in [0.29, 0.717) is 31.4 Å². The predicted molar refractivity (Wildman–Crippen MR) is 98.6 cm³/mol. The molecule has 2 heterocycles. The van der Waals surface area contributed by atoms with Crippen LogP contribution in [0.4, 0.5) is 0 Å². The van der Waals surface area contributed by atoms with E-state index in [1.807, 2.05) is 25.1 Å². The van der Waals surface area contributed by atoms with E-state index in [2.05, 4.69) is 29.4 Å². The molecule has 2 aromatic rings. The smallest absolute Gasteiger partial charge is 0.247 e. The Kier molecular flexibility index (Phi) is 5.74. The van der Waals surface area contributed by atoms with Gasteiger partial charge in [0, 0.05) is 12.1 Å². The van der Waals surface area contributed by atoms with Gasteiger partial charge in [0.05, 0.1) is 30.3 Å². The lowest BCUT2D eigenvalue weighted by Crippen LogP contribution is -2.26. The molecule has 0 spiro atoms. The van der Waals surface area contributed by atoms with Crippen LogP contribution in [-0.4, -0.2) is 49.4 Å². The van der Waals surface area contributed by atoms with E-state index in [1.54, 1.807) is 0 Å². The Morgan fingerprint density at radius 2 is 2.12 bits per heavy atom. The molecule has 3 rings (SSSR count). The zero-order chi connectivity index (χ0) is 18.7. The number of aromatic nitrogens is 2. The molecule has 0 aliphatic carbocycles. The highest BCUT2D eigenvalue weighted by molar-refractivity contribution is 7.91. The van der Waals surface area contributed by atoms with Crippen molar-refractivity contribution in [3.05, 3.63) is 35.2 Å². The lowest BCUT2D eigenvalue weighted by molar-refractivity contribution is 0.0714. The van der Waals surface area contributed by atoms with Crippen LogP contribution in [0.2, 0.25) is 0 Å². The van der Waals surface area contributed by atoms with Crippen LogP contribution in [0.3, 0.4) is 0 Å². The highest BCUT2D eigenvalue weighted by Crippen LogP contribution is 2.23. The van der Waals surface area contributed by atoms with Gasteiger partial charge in [0.15, 0.2) is 9.84 Å². The predicted octanol–water partition coefficient (Wildman–Crippen LogP) is 2.21. The van der Waals surface area contributed by atoms with Gasteiger partial charge in [-0.2, -0.15) is 0 Å². The number of sulfone groups is 1. The van der Waals surface area contributed by atoms with Crippen LogP contribution >= 0.6 is 0 Å². The second-order valence-electron chi connectivity index (χ2n) is 6.82. The van der Waals surface area contributed by atoms with Crippen LogP contribution in [0.15, 0.2) is 22.6 Å². The first-order valence-electron chi connectivity index (χ1n) is 8.80. The third-order valence-corrected chi connectivity index (χ3v) is 6.40. The lowest BCUT2D eigenvalue weighted by Gasteiger charge is -2.12. The van der Waals surface area contributed by atoms with Crippen LogP contribution < -0.4 is 5.32 Å². The van der Waals surface area contributed by atoms with Crippen molar-refractivity contribution < 1.29 is 17.6 Å². The summed E-state index contributed by atoms with van der Waals surface area (Å²) >= 11 is 0. The molecule has 1 N–H and O–H groups in total. The molecule has 0 radical (unpaired) electrons. The molecule has 1 aromatic carbocycles. The SMILES string of the molecule is Cc1ccc(-c2nnc(C(C)NCCOC3CCS(=O)(=O)C3)o2)cc1C. The first kappa shape index (κ1) is 19.0. The van der Waals surface area contributed by atoms with Gasteiger partial charge in [-0.1, -0.05) is 6.07 Å². The number of ether oxygens (including phenoxy) is 1. The molecule has 7 nitrogen and oxygen atoms in total. The summed E-state index contributed by atoms with van der Waals surface area (Å²) in [5.74, 6) is 1.38. The third-order valence-electron chi connectivity index (χ3n) is 4.66. The molecule has 142 valence electrons. The van der Waals surface area contributed by atoms with Gasteiger partial charge < -0.3 is 14.5 Å². The van der Waals surface area contributed by atoms with Crippen molar-refractivity contribution in [2.75, 3.05) is 24.7 Å². The van der Waals surface area contributed by atoms with Crippen molar-refractivity contribution in [1.82, 2.24) is 15.5 Å². The summed E-state index contributed by atoms with van der Waals surface area (Å²) in [6.45, 7) is 7.09.